The van der Waals surface area contributed by atoms with E-state index in [1.54, 1.807) is 19.1 Å². The summed E-state index contributed by atoms with van der Waals surface area (Å²) in [5.41, 5.74) is 2.80. The summed E-state index contributed by atoms with van der Waals surface area (Å²) in [4.78, 5) is 35.6. The van der Waals surface area contributed by atoms with E-state index in [0.29, 0.717) is 16.4 Å². The number of aryl methyl sites for hydroxylation is 1. The lowest BCUT2D eigenvalue weighted by Gasteiger charge is -2.03. The molecule has 1 aromatic heterocycles. The molecule has 2 aromatic carbocycles. The van der Waals surface area contributed by atoms with Gasteiger partial charge in [0.25, 0.3) is 17.2 Å². The number of hydrogen-bond donors (Lipinski definition) is 2. The highest BCUT2D eigenvalue weighted by atomic mass is 35.5. The summed E-state index contributed by atoms with van der Waals surface area (Å²) < 4.78 is 1.27. The van der Waals surface area contributed by atoms with Gasteiger partial charge in [-0.15, -0.1) is 0 Å². The number of nitro groups is 1. The van der Waals surface area contributed by atoms with Crippen LogP contribution >= 0.6 is 23.2 Å². The molecule has 3 rings (SSSR count). The summed E-state index contributed by atoms with van der Waals surface area (Å²) in [6.45, 7) is 3.21. The fraction of sp³-hybridized carbons (Fsp3) is 0.105. The minimum Gasteiger partial charge on any atom is -0.295 e. The van der Waals surface area contributed by atoms with Crippen molar-refractivity contribution in [2.24, 2.45) is 5.10 Å². The number of H-pyrrole nitrogens is 1. The Morgan fingerprint density at radius 2 is 1.90 bits per heavy atom. The van der Waals surface area contributed by atoms with E-state index in [1.807, 2.05) is 0 Å². The van der Waals surface area contributed by atoms with Crippen molar-refractivity contribution in [2.75, 3.05) is 0 Å². The minimum atomic E-state index is -0.764. The van der Waals surface area contributed by atoms with E-state index in [4.69, 9.17) is 23.2 Å². The van der Waals surface area contributed by atoms with Crippen molar-refractivity contribution in [2.45, 2.75) is 13.8 Å². The molecule has 0 radical (unpaired) electrons. The first-order valence-electron chi connectivity index (χ1n) is 8.56. The van der Waals surface area contributed by atoms with E-state index in [9.17, 15) is 19.7 Å². The molecule has 0 fully saturated rings. The van der Waals surface area contributed by atoms with Gasteiger partial charge in [-0.1, -0.05) is 35.3 Å². The van der Waals surface area contributed by atoms with Gasteiger partial charge >= 0.3 is 0 Å². The minimum absolute atomic E-state index is 0.141. The van der Waals surface area contributed by atoms with Crippen molar-refractivity contribution >= 4 is 40.5 Å². The first-order valence-corrected chi connectivity index (χ1v) is 9.31. The zero-order valence-corrected chi connectivity index (χ0v) is 17.3. The molecule has 0 aliphatic heterocycles. The third kappa shape index (κ3) is 4.12. The number of rotatable bonds is 5. The van der Waals surface area contributed by atoms with E-state index in [0.717, 1.165) is 0 Å². The van der Waals surface area contributed by atoms with Crippen molar-refractivity contribution in [1.29, 1.82) is 0 Å². The quantitative estimate of drug-likeness (QED) is 0.350. The van der Waals surface area contributed by atoms with Crippen LogP contribution < -0.4 is 11.0 Å². The van der Waals surface area contributed by atoms with Gasteiger partial charge < -0.3 is 0 Å². The maximum absolute atomic E-state index is 12.9. The normalized spacial score (nSPS) is 11.4. The van der Waals surface area contributed by atoms with Crippen molar-refractivity contribution < 1.29 is 9.72 Å². The standard InChI is InChI=1S/C19H15Cl2N5O4/c1-10(22-23-18(27)13-5-3-4-6-16(13)26(29)30)17-11(2)24-25(19(17)28)12-7-8-14(20)15(21)9-12/h3-9,24H,1-2H3,(H,23,27). The molecule has 30 heavy (non-hydrogen) atoms. The molecule has 1 amide bonds. The van der Waals surface area contributed by atoms with Crippen LogP contribution in [-0.2, 0) is 0 Å². The highest BCUT2D eigenvalue weighted by Crippen LogP contribution is 2.24. The van der Waals surface area contributed by atoms with E-state index in [2.05, 4.69) is 15.6 Å². The molecule has 2 N–H and O–H groups in total. The Kier molecular flexibility index (Phi) is 6.04. The molecule has 0 unspecified atom stereocenters. The first kappa shape index (κ1) is 21.3. The van der Waals surface area contributed by atoms with Crippen LogP contribution in [0.25, 0.3) is 5.69 Å². The number of aromatic nitrogens is 2. The monoisotopic (exact) mass is 447 g/mol. The molecule has 9 nitrogen and oxygen atoms in total. The summed E-state index contributed by atoms with van der Waals surface area (Å²) in [5, 5.41) is 18.6. The van der Waals surface area contributed by atoms with Gasteiger partial charge in [0.05, 0.1) is 31.9 Å². The second-order valence-corrected chi connectivity index (χ2v) is 7.08. The number of para-hydroxylation sites is 1. The summed E-state index contributed by atoms with van der Waals surface area (Å²) in [5.74, 6) is -0.764. The number of nitrogens with zero attached hydrogens (tertiary/aromatic N) is 3. The van der Waals surface area contributed by atoms with Gasteiger partial charge in [0, 0.05) is 11.8 Å². The maximum Gasteiger partial charge on any atom is 0.282 e. The van der Waals surface area contributed by atoms with Gasteiger partial charge in [-0.05, 0) is 38.1 Å². The van der Waals surface area contributed by atoms with Crippen LogP contribution in [0.1, 0.15) is 28.5 Å². The smallest absolute Gasteiger partial charge is 0.282 e. The van der Waals surface area contributed by atoms with Crippen LogP contribution in [0.15, 0.2) is 52.4 Å². The third-order valence-corrected chi connectivity index (χ3v) is 5.00. The highest BCUT2D eigenvalue weighted by Gasteiger charge is 2.20. The Balaban J connectivity index is 1.91. The number of nitro benzene ring substituents is 1. The molecule has 11 heteroatoms. The zero-order chi connectivity index (χ0) is 22.0. The van der Waals surface area contributed by atoms with Gasteiger partial charge in [-0.2, -0.15) is 5.10 Å². The first-order chi connectivity index (χ1) is 14.2. The largest absolute Gasteiger partial charge is 0.295 e. The van der Waals surface area contributed by atoms with Crippen LogP contribution in [0.3, 0.4) is 0 Å². The van der Waals surface area contributed by atoms with Crippen molar-refractivity contribution in [3.05, 3.63) is 89.8 Å². The average Bonchev–Trinajstić information content (AvgIpc) is 3.02. The summed E-state index contributed by atoms with van der Waals surface area (Å²) in [6.07, 6.45) is 0. The van der Waals surface area contributed by atoms with Gasteiger partial charge in [-0.3, -0.25) is 24.8 Å². The van der Waals surface area contributed by atoms with E-state index < -0.39 is 16.4 Å². The van der Waals surface area contributed by atoms with Crippen LogP contribution in [0.5, 0.6) is 0 Å². The van der Waals surface area contributed by atoms with E-state index >= 15 is 0 Å². The maximum atomic E-state index is 12.9. The number of amides is 1. The number of benzene rings is 2. The zero-order valence-electron chi connectivity index (χ0n) is 15.8. The lowest BCUT2D eigenvalue weighted by Crippen LogP contribution is -2.24. The number of nitrogens with one attached hydrogen (secondary N) is 2. The van der Waals surface area contributed by atoms with Crippen LogP contribution in [0.2, 0.25) is 10.0 Å². The summed E-state index contributed by atoms with van der Waals surface area (Å²) in [7, 11) is 0. The Labute approximate surface area is 180 Å². The second kappa shape index (κ2) is 8.52. The number of halogens is 2. The van der Waals surface area contributed by atoms with Crippen LogP contribution in [0.4, 0.5) is 5.69 Å². The molecule has 3 aromatic rings. The molecule has 154 valence electrons. The van der Waals surface area contributed by atoms with Gasteiger partial charge in [-0.25, -0.2) is 10.1 Å². The number of carbonyl (C=O) groups is 1. The molecule has 0 bridgehead atoms. The predicted molar refractivity (Wildman–Crippen MR) is 114 cm³/mol. The lowest BCUT2D eigenvalue weighted by molar-refractivity contribution is -0.385. The predicted octanol–water partition coefficient (Wildman–Crippen LogP) is 3.84. The molecule has 0 saturated heterocycles. The number of carbonyl (C=O) groups excluding carboxylic acids is 1. The van der Waals surface area contributed by atoms with Crippen LogP contribution in [0, 0.1) is 17.0 Å². The molecular weight excluding hydrogens is 433 g/mol. The summed E-state index contributed by atoms with van der Waals surface area (Å²) in [6, 6.07) is 10.2. The number of aromatic amines is 1. The fourth-order valence-corrected chi connectivity index (χ4v) is 3.15. The second-order valence-electron chi connectivity index (χ2n) is 6.26. The van der Waals surface area contributed by atoms with Crippen molar-refractivity contribution in [1.82, 2.24) is 15.2 Å². The highest BCUT2D eigenvalue weighted by molar-refractivity contribution is 6.42. The molecule has 0 saturated carbocycles. The Morgan fingerprint density at radius 3 is 2.57 bits per heavy atom. The van der Waals surface area contributed by atoms with Gasteiger partial charge in [0.1, 0.15) is 5.56 Å². The Bertz CT molecular complexity index is 1250. The molecule has 0 aliphatic rings. The van der Waals surface area contributed by atoms with E-state index in [-0.39, 0.29) is 27.5 Å². The van der Waals surface area contributed by atoms with Crippen molar-refractivity contribution in [3.63, 3.8) is 0 Å². The van der Waals surface area contributed by atoms with Gasteiger partial charge in [0.2, 0.25) is 0 Å². The molecular formula is C19H15Cl2N5O4. The van der Waals surface area contributed by atoms with Crippen molar-refractivity contribution in [3.8, 4) is 5.69 Å². The Hall–Kier alpha value is -3.43. The van der Waals surface area contributed by atoms with Crippen LogP contribution in [-0.4, -0.2) is 26.3 Å². The van der Waals surface area contributed by atoms with Gasteiger partial charge in [0.15, 0.2) is 0 Å². The third-order valence-electron chi connectivity index (χ3n) is 4.27. The number of hydrazone groups is 1. The molecule has 0 spiro atoms. The van der Waals surface area contributed by atoms with E-state index in [1.165, 1.54) is 41.9 Å². The lowest BCUT2D eigenvalue weighted by atomic mass is 10.1. The molecule has 1 heterocycles. The number of hydrogen-bond acceptors (Lipinski definition) is 5. The Morgan fingerprint density at radius 1 is 1.20 bits per heavy atom. The molecule has 0 atom stereocenters. The molecule has 0 aliphatic carbocycles. The topological polar surface area (TPSA) is 122 Å². The average molecular weight is 448 g/mol. The summed E-state index contributed by atoms with van der Waals surface area (Å²) >= 11 is 11.9. The fourth-order valence-electron chi connectivity index (χ4n) is 2.85. The SMILES string of the molecule is CC(=NNC(=O)c1ccccc1[N+](=O)[O-])c1c(C)[nH]n(-c2ccc(Cl)c(Cl)c2)c1=O.